The molecule has 0 aliphatic carbocycles. The Balaban J connectivity index is 2.34. The number of esters is 1. The van der Waals surface area contributed by atoms with Crippen molar-refractivity contribution in [1.82, 2.24) is 5.32 Å². The molecule has 0 spiro atoms. The molecule has 2 N–H and O–H groups in total. The Morgan fingerprint density at radius 2 is 1.54 bits per heavy atom. The number of aliphatic hydroxyl groups is 1. The summed E-state index contributed by atoms with van der Waals surface area (Å²) in [5.41, 5.74) is 1.67. The van der Waals surface area contributed by atoms with E-state index in [0.717, 1.165) is 11.1 Å². The van der Waals surface area contributed by atoms with E-state index >= 15 is 0 Å². The number of rotatable bonds is 12. The van der Waals surface area contributed by atoms with E-state index in [0.29, 0.717) is 11.5 Å². The number of hydrogen-bond acceptors (Lipinski definition) is 8. The van der Waals surface area contributed by atoms with E-state index in [1.165, 1.54) is 7.11 Å². The molecule has 2 aromatic rings. The summed E-state index contributed by atoms with van der Waals surface area (Å²) >= 11 is 5.36. The molecule has 0 fully saturated rings. The van der Waals surface area contributed by atoms with Crippen LogP contribution in [0.3, 0.4) is 0 Å². The molecular weight excluding hydrogens is 492 g/mol. The van der Waals surface area contributed by atoms with Crippen molar-refractivity contribution in [1.29, 1.82) is 0 Å². The predicted octanol–water partition coefficient (Wildman–Crippen LogP) is 5.09. The number of carbonyl (C=O) groups is 1. The lowest BCUT2D eigenvalue weighted by Crippen LogP contribution is -2.41. The van der Waals surface area contributed by atoms with Crippen LogP contribution in [-0.2, 0) is 14.3 Å². The summed E-state index contributed by atoms with van der Waals surface area (Å²) in [4.78, 5) is 16.9. The number of carbonyl (C=O) groups excluding carboxylic acids is 1. The Bertz CT molecular complexity index is 1130. The third-order valence-corrected chi connectivity index (χ3v) is 6.04. The van der Waals surface area contributed by atoms with Gasteiger partial charge in [0.1, 0.15) is 34.3 Å². The zero-order valence-corrected chi connectivity index (χ0v) is 22.8. The topological polar surface area (TPSA) is 98.6 Å². The molecule has 0 aromatic heterocycles. The first-order valence-corrected chi connectivity index (χ1v) is 12.0. The van der Waals surface area contributed by atoms with Crippen LogP contribution in [0.2, 0.25) is 0 Å². The second-order valence-corrected chi connectivity index (χ2v) is 8.42. The Morgan fingerprint density at radius 1 is 1.03 bits per heavy atom. The monoisotopic (exact) mass is 526 g/mol. The van der Waals surface area contributed by atoms with Gasteiger partial charge in [-0.2, -0.15) is 0 Å². The number of aliphatic imine (C=N–C) groups is 1. The van der Waals surface area contributed by atoms with Crippen molar-refractivity contribution in [2.75, 3.05) is 21.3 Å². The van der Waals surface area contributed by atoms with Crippen molar-refractivity contribution < 1.29 is 28.8 Å². The van der Waals surface area contributed by atoms with Crippen LogP contribution < -0.4 is 14.8 Å². The minimum absolute atomic E-state index is 0.0152. The van der Waals surface area contributed by atoms with Crippen LogP contribution in [-0.4, -0.2) is 56.3 Å². The highest BCUT2D eigenvalue weighted by atomic mass is 32.1. The molecule has 2 atom stereocenters. The molecule has 9 heteroatoms. The molecule has 0 bridgehead atoms. The van der Waals surface area contributed by atoms with Crippen molar-refractivity contribution in [3.63, 3.8) is 0 Å². The van der Waals surface area contributed by atoms with Crippen LogP contribution in [0.5, 0.6) is 11.5 Å². The Kier molecular flexibility index (Phi) is 11.1. The predicted molar refractivity (Wildman–Crippen MR) is 149 cm³/mol. The minimum atomic E-state index is -0.855. The number of nitrogens with one attached hydrogen (secondary N) is 1. The number of hydrogen-bond donors (Lipinski definition) is 2. The van der Waals surface area contributed by atoms with Gasteiger partial charge in [0.15, 0.2) is 11.5 Å². The maximum Gasteiger partial charge on any atom is 0.328 e. The van der Waals surface area contributed by atoms with Crippen LogP contribution in [0.4, 0.5) is 0 Å². The van der Waals surface area contributed by atoms with Crippen LogP contribution in [0.1, 0.15) is 37.8 Å². The average Bonchev–Trinajstić information content (AvgIpc) is 2.90. The maximum atomic E-state index is 13.1. The van der Waals surface area contributed by atoms with E-state index in [9.17, 15) is 9.90 Å². The number of para-hydroxylation sites is 2. The number of nitrogens with zero attached hydrogens (tertiary/aromatic N) is 1. The van der Waals surface area contributed by atoms with Gasteiger partial charge in [-0.15, -0.1) is 0 Å². The lowest BCUT2D eigenvalue weighted by atomic mass is 9.86. The number of allylic oxidation sites excluding steroid dienone is 1. The SMILES string of the molecule is C=N/C(C(=S)N[C@@H](C)C(=O)O[C@@H](C)C(c1ccccc1OC)c1ccccc1OC)=C(O)\C(=C/C)OC. The second kappa shape index (κ2) is 14.0. The van der Waals surface area contributed by atoms with Gasteiger partial charge in [0, 0.05) is 11.1 Å². The number of thiocarbonyl (C=S) groups is 1. The van der Waals surface area contributed by atoms with Gasteiger partial charge in [-0.3, -0.25) is 4.99 Å². The molecule has 0 aliphatic heterocycles. The number of benzene rings is 2. The van der Waals surface area contributed by atoms with Crippen LogP contribution in [0.25, 0.3) is 0 Å². The fourth-order valence-corrected chi connectivity index (χ4v) is 4.26. The lowest BCUT2D eigenvalue weighted by Gasteiger charge is -2.28. The summed E-state index contributed by atoms with van der Waals surface area (Å²) in [6, 6.07) is 14.3. The molecule has 198 valence electrons. The first-order chi connectivity index (χ1) is 17.7. The zero-order chi connectivity index (χ0) is 27.5. The third kappa shape index (κ3) is 7.10. The highest BCUT2D eigenvalue weighted by Crippen LogP contribution is 2.39. The molecule has 0 unspecified atom stereocenters. The van der Waals surface area contributed by atoms with Gasteiger partial charge >= 0.3 is 5.97 Å². The molecule has 0 saturated carbocycles. The standard InChI is InChI=1S/C28H34N2O6S/c1-8-21(33-5)26(31)25(29-4)27(37)30-17(2)28(32)36-18(3)24(19-13-9-11-15-22(19)34-6)20-14-10-12-16-23(20)35-7/h8-18,24,31H,4H2,1-3,5-7H3,(H,30,37)/b21-8+,26-25+/t17-,18-/m0/s1. The van der Waals surface area contributed by atoms with Gasteiger partial charge in [0.2, 0.25) is 0 Å². The van der Waals surface area contributed by atoms with E-state index < -0.39 is 18.1 Å². The minimum Gasteiger partial charge on any atom is -0.503 e. The van der Waals surface area contributed by atoms with Crippen molar-refractivity contribution in [3.8, 4) is 11.5 Å². The molecule has 0 saturated heterocycles. The molecule has 0 heterocycles. The van der Waals surface area contributed by atoms with Crippen LogP contribution >= 0.6 is 12.2 Å². The summed E-state index contributed by atoms with van der Waals surface area (Å²) in [6.45, 7) is 8.56. The van der Waals surface area contributed by atoms with Gasteiger partial charge in [-0.25, -0.2) is 4.79 Å². The fraction of sp³-hybridized carbons (Fsp3) is 0.321. The van der Waals surface area contributed by atoms with E-state index in [-0.39, 0.29) is 28.1 Å². The van der Waals surface area contributed by atoms with E-state index in [1.807, 2.05) is 55.5 Å². The average molecular weight is 527 g/mol. The lowest BCUT2D eigenvalue weighted by molar-refractivity contribution is -0.150. The third-order valence-electron chi connectivity index (χ3n) is 5.73. The number of ether oxygens (including phenoxy) is 4. The summed E-state index contributed by atoms with van der Waals surface area (Å²) in [5.74, 6) is 0.266. The van der Waals surface area contributed by atoms with Gasteiger partial charge < -0.3 is 29.4 Å². The van der Waals surface area contributed by atoms with Gasteiger partial charge in [0.25, 0.3) is 0 Å². The van der Waals surface area contributed by atoms with Crippen LogP contribution in [0, 0.1) is 0 Å². The van der Waals surface area contributed by atoms with Crippen molar-refractivity contribution in [2.24, 2.45) is 4.99 Å². The van der Waals surface area contributed by atoms with Crippen molar-refractivity contribution in [3.05, 3.63) is 82.9 Å². The summed E-state index contributed by atoms with van der Waals surface area (Å²) < 4.78 is 22.2. The Morgan fingerprint density at radius 3 is 1.97 bits per heavy atom. The molecule has 0 aliphatic rings. The van der Waals surface area contributed by atoms with E-state index in [1.54, 1.807) is 34.1 Å². The van der Waals surface area contributed by atoms with Gasteiger partial charge in [-0.05, 0) is 45.7 Å². The molecular formula is C28H34N2O6S. The Hall–Kier alpha value is -3.85. The van der Waals surface area contributed by atoms with Crippen LogP contribution in [0.15, 0.2) is 76.8 Å². The zero-order valence-electron chi connectivity index (χ0n) is 22.0. The summed E-state index contributed by atoms with van der Waals surface area (Å²) in [6.07, 6.45) is 0.945. The van der Waals surface area contributed by atoms with Gasteiger partial charge in [-0.1, -0.05) is 48.6 Å². The second-order valence-electron chi connectivity index (χ2n) is 8.01. The normalized spacial score (nSPS) is 13.6. The van der Waals surface area contributed by atoms with Crippen molar-refractivity contribution in [2.45, 2.75) is 38.8 Å². The quantitative estimate of drug-likeness (QED) is 0.0985. The summed E-state index contributed by atoms with van der Waals surface area (Å²) in [7, 11) is 4.60. The first-order valence-electron chi connectivity index (χ1n) is 11.6. The molecule has 37 heavy (non-hydrogen) atoms. The van der Waals surface area contributed by atoms with Gasteiger partial charge in [0.05, 0.1) is 27.2 Å². The summed E-state index contributed by atoms with van der Waals surface area (Å²) in [5, 5.41) is 13.3. The first kappa shape index (κ1) is 29.4. The molecule has 0 radical (unpaired) electrons. The maximum absolute atomic E-state index is 13.1. The molecule has 8 nitrogen and oxygen atoms in total. The largest absolute Gasteiger partial charge is 0.503 e. The van der Waals surface area contributed by atoms with E-state index in [4.69, 9.17) is 31.2 Å². The fourth-order valence-electron chi connectivity index (χ4n) is 3.92. The molecule has 0 amide bonds. The highest BCUT2D eigenvalue weighted by molar-refractivity contribution is 7.80. The Labute approximate surface area is 223 Å². The smallest absolute Gasteiger partial charge is 0.328 e. The number of aliphatic hydroxyl groups excluding tert-OH is 1. The van der Waals surface area contributed by atoms with Crippen molar-refractivity contribution >= 4 is 29.9 Å². The molecule has 2 rings (SSSR count). The highest BCUT2D eigenvalue weighted by Gasteiger charge is 2.31. The van der Waals surface area contributed by atoms with E-state index in [2.05, 4.69) is 17.0 Å². The molecule has 2 aromatic carbocycles. The number of methoxy groups -OCH3 is 3.